The Morgan fingerprint density at radius 2 is 2.54 bits per heavy atom. The van der Waals surface area contributed by atoms with Crippen molar-refractivity contribution in [2.75, 3.05) is 6.54 Å². The molecular weight excluding hydrogens is 168 g/mol. The molecule has 2 N–H and O–H groups in total. The second-order valence-electron chi connectivity index (χ2n) is 3.10. The molecule has 1 fully saturated rings. The van der Waals surface area contributed by atoms with Crippen molar-refractivity contribution in [3.63, 3.8) is 0 Å². The van der Waals surface area contributed by atoms with Crippen LogP contribution in [0.5, 0.6) is 0 Å². The molecule has 1 saturated heterocycles. The largest absolute Gasteiger partial charge is 0.354 e. The maximum atomic E-state index is 11.1. The highest BCUT2D eigenvalue weighted by Crippen LogP contribution is 2.02. The summed E-state index contributed by atoms with van der Waals surface area (Å²) < 4.78 is 0. The molecule has 0 aromatic carbocycles. The van der Waals surface area contributed by atoms with Crippen LogP contribution in [-0.4, -0.2) is 24.4 Å². The monoisotopic (exact) mass is 182 g/mol. The number of carbonyl (C=O) groups is 2. The van der Waals surface area contributed by atoms with Gasteiger partial charge in [0, 0.05) is 25.4 Å². The Morgan fingerprint density at radius 1 is 1.77 bits per heavy atom. The van der Waals surface area contributed by atoms with Gasteiger partial charge in [0.25, 0.3) is 0 Å². The van der Waals surface area contributed by atoms with Gasteiger partial charge in [0.1, 0.15) is 0 Å². The summed E-state index contributed by atoms with van der Waals surface area (Å²) in [6.07, 6.45) is 3.13. The second kappa shape index (κ2) is 4.64. The van der Waals surface area contributed by atoms with E-state index in [2.05, 4.69) is 17.2 Å². The number of rotatable bonds is 3. The Balaban J connectivity index is 2.25. The second-order valence-corrected chi connectivity index (χ2v) is 3.10. The fourth-order valence-electron chi connectivity index (χ4n) is 1.27. The molecule has 1 atom stereocenters. The smallest absolute Gasteiger partial charge is 0.224 e. The summed E-state index contributed by atoms with van der Waals surface area (Å²) in [5.74, 6) is 0.0327. The molecule has 1 aliphatic rings. The minimum absolute atomic E-state index is 0.0313. The van der Waals surface area contributed by atoms with Gasteiger partial charge in [-0.3, -0.25) is 9.59 Å². The van der Waals surface area contributed by atoms with Gasteiger partial charge < -0.3 is 10.6 Å². The van der Waals surface area contributed by atoms with Crippen molar-refractivity contribution in [2.45, 2.75) is 25.3 Å². The first kappa shape index (κ1) is 9.77. The number of carbonyl (C=O) groups excluding carboxylic acids is 2. The predicted octanol–water partition coefficient (Wildman–Crippen LogP) is -0.0427. The molecule has 0 aromatic rings. The third kappa shape index (κ3) is 3.27. The highest BCUT2D eigenvalue weighted by Gasteiger charge is 2.18. The number of hydrogen-bond donors (Lipinski definition) is 2. The van der Waals surface area contributed by atoms with E-state index < -0.39 is 0 Å². The summed E-state index contributed by atoms with van der Waals surface area (Å²) in [5, 5.41) is 5.52. The summed E-state index contributed by atoms with van der Waals surface area (Å²) in [6.45, 7) is 4.02. The van der Waals surface area contributed by atoms with Gasteiger partial charge in [-0.2, -0.15) is 0 Å². The van der Waals surface area contributed by atoms with E-state index in [0.29, 0.717) is 19.4 Å². The Bertz CT molecular complexity index is 216. The lowest BCUT2D eigenvalue weighted by Gasteiger charge is -2.23. The van der Waals surface area contributed by atoms with Gasteiger partial charge in [-0.1, -0.05) is 6.08 Å². The SMILES string of the molecule is C=CCC(=O)NC1CCC(=O)NC1. The number of nitrogens with one attached hydrogen (secondary N) is 2. The number of hydrogen-bond acceptors (Lipinski definition) is 2. The molecule has 13 heavy (non-hydrogen) atoms. The molecule has 4 nitrogen and oxygen atoms in total. The topological polar surface area (TPSA) is 58.2 Å². The predicted molar refractivity (Wildman–Crippen MR) is 49.0 cm³/mol. The Kier molecular flexibility index (Phi) is 3.49. The van der Waals surface area contributed by atoms with Gasteiger partial charge in [0.2, 0.25) is 11.8 Å². The third-order valence-electron chi connectivity index (χ3n) is 1.96. The molecule has 72 valence electrons. The molecule has 1 unspecified atom stereocenters. The fourth-order valence-corrected chi connectivity index (χ4v) is 1.27. The van der Waals surface area contributed by atoms with Crippen molar-refractivity contribution in [3.8, 4) is 0 Å². The van der Waals surface area contributed by atoms with Crippen LogP contribution in [0.3, 0.4) is 0 Å². The number of piperidine rings is 1. The van der Waals surface area contributed by atoms with Crippen molar-refractivity contribution >= 4 is 11.8 Å². The fraction of sp³-hybridized carbons (Fsp3) is 0.556. The first-order valence-electron chi connectivity index (χ1n) is 4.39. The van der Waals surface area contributed by atoms with Crippen LogP contribution in [0.4, 0.5) is 0 Å². The lowest BCUT2D eigenvalue weighted by Crippen LogP contribution is -2.47. The van der Waals surface area contributed by atoms with Crippen LogP contribution in [-0.2, 0) is 9.59 Å². The Hall–Kier alpha value is -1.32. The van der Waals surface area contributed by atoms with Crippen LogP contribution in [0.15, 0.2) is 12.7 Å². The minimum Gasteiger partial charge on any atom is -0.354 e. The maximum absolute atomic E-state index is 11.1. The molecule has 1 heterocycles. The molecule has 0 radical (unpaired) electrons. The molecule has 0 spiro atoms. The summed E-state index contributed by atoms with van der Waals surface area (Å²) >= 11 is 0. The van der Waals surface area contributed by atoms with E-state index in [1.54, 1.807) is 6.08 Å². The van der Waals surface area contributed by atoms with Crippen LogP contribution >= 0.6 is 0 Å². The van der Waals surface area contributed by atoms with E-state index in [1.807, 2.05) is 0 Å². The van der Waals surface area contributed by atoms with Crippen molar-refractivity contribution in [1.82, 2.24) is 10.6 Å². The van der Waals surface area contributed by atoms with E-state index in [-0.39, 0.29) is 17.9 Å². The highest BCUT2D eigenvalue weighted by molar-refractivity contribution is 5.79. The van der Waals surface area contributed by atoms with Crippen LogP contribution < -0.4 is 10.6 Å². The van der Waals surface area contributed by atoms with Crippen molar-refractivity contribution < 1.29 is 9.59 Å². The zero-order chi connectivity index (χ0) is 9.68. The van der Waals surface area contributed by atoms with E-state index in [9.17, 15) is 9.59 Å². The van der Waals surface area contributed by atoms with Crippen LogP contribution in [0.25, 0.3) is 0 Å². The zero-order valence-corrected chi connectivity index (χ0v) is 7.51. The normalized spacial score (nSPS) is 21.8. The zero-order valence-electron chi connectivity index (χ0n) is 7.51. The average Bonchev–Trinajstić information content (AvgIpc) is 2.09. The van der Waals surface area contributed by atoms with Crippen LogP contribution in [0.1, 0.15) is 19.3 Å². The van der Waals surface area contributed by atoms with E-state index in [0.717, 1.165) is 6.42 Å². The quantitative estimate of drug-likeness (QED) is 0.601. The first-order chi connectivity index (χ1) is 6.22. The van der Waals surface area contributed by atoms with Gasteiger partial charge >= 0.3 is 0 Å². The van der Waals surface area contributed by atoms with E-state index >= 15 is 0 Å². The minimum atomic E-state index is -0.0313. The summed E-state index contributed by atoms with van der Waals surface area (Å²) in [6, 6.07) is 0.0881. The van der Waals surface area contributed by atoms with Crippen LogP contribution in [0, 0.1) is 0 Å². The molecule has 0 aromatic heterocycles. The van der Waals surface area contributed by atoms with Crippen LogP contribution in [0.2, 0.25) is 0 Å². The lowest BCUT2D eigenvalue weighted by atomic mass is 10.1. The average molecular weight is 182 g/mol. The lowest BCUT2D eigenvalue weighted by molar-refractivity contribution is -0.125. The van der Waals surface area contributed by atoms with Gasteiger partial charge in [-0.25, -0.2) is 0 Å². The number of amides is 2. The van der Waals surface area contributed by atoms with E-state index in [1.165, 1.54) is 0 Å². The van der Waals surface area contributed by atoms with Gasteiger partial charge in [-0.05, 0) is 6.42 Å². The Morgan fingerprint density at radius 3 is 3.08 bits per heavy atom. The van der Waals surface area contributed by atoms with Crippen molar-refractivity contribution in [3.05, 3.63) is 12.7 Å². The summed E-state index contributed by atoms with van der Waals surface area (Å²) in [4.78, 5) is 21.9. The molecule has 2 amide bonds. The maximum Gasteiger partial charge on any atom is 0.224 e. The Labute approximate surface area is 77.4 Å². The van der Waals surface area contributed by atoms with Gasteiger partial charge in [0.15, 0.2) is 0 Å². The summed E-state index contributed by atoms with van der Waals surface area (Å²) in [7, 11) is 0. The molecule has 0 bridgehead atoms. The van der Waals surface area contributed by atoms with Crippen molar-refractivity contribution in [2.24, 2.45) is 0 Å². The van der Waals surface area contributed by atoms with Gasteiger partial charge in [0.05, 0.1) is 0 Å². The van der Waals surface area contributed by atoms with E-state index in [4.69, 9.17) is 0 Å². The molecule has 1 aliphatic heterocycles. The first-order valence-corrected chi connectivity index (χ1v) is 4.39. The summed E-state index contributed by atoms with van der Waals surface area (Å²) in [5.41, 5.74) is 0. The third-order valence-corrected chi connectivity index (χ3v) is 1.96. The molecule has 4 heteroatoms. The molecule has 1 rings (SSSR count). The molecule has 0 saturated carbocycles. The molecular formula is C9H14N2O2. The molecule has 0 aliphatic carbocycles. The highest BCUT2D eigenvalue weighted by atomic mass is 16.2. The standard InChI is InChI=1S/C9H14N2O2/c1-2-3-9(13)11-7-4-5-8(12)10-6-7/h2,7H,1,3-6H2,(H,10,12)(H,11,13). The van der Waals surface area contributed by atoms with Crippen molar-refractivity contribution in [1.29, 1.82) is 0 Å². The van der Waals surface area contributed by atoms with Gasteiger partial charge in [-0.15, -0.1) is 6.58 Å².